The summed E-state index contributed by atoms with van der Waals surface area (Å²) in [6, 6.07) is 6.37. The lowest BCUT2D eigenvalue weighted by molar-refractivity contribution is 0.405. The maximum Gasteiger partial charge on any atom is 0.202 e. The van der Waals surface area contributed by atoms with E-state index in [-0.39, 0.29) is 6.42 Å². The lowest BCUT2D eigenvalue weighted by atomic mass is 10.1. The molecule has 0 fully saturated rings. The molecule has 0 amide bonds. The molecule has 1 aliphatic carbocycles. The smallest absolute Gasteiger partial charge is 0.202 e. The topological polar surface area (TPSA) is 32.3 Å². The van der Waals surface area contributed by atoms with Gasteiger partial charge in [-0.25, -0.2) is 8.78 Å². The van der Waals surface area contributed by atoms with Gasteiger partial charge < -0.3 is 10.4 Å². The van der Waals surface area contributed by atoms with Gasteiger partial charge in [0.05, 0.1) is 0 Å². The Hall–Kier alpha value is -1.81. The number of aliphatic hydroxyl groups is 1. The fourth-order valence-corrected chi connectivity index (χ4v) is 1.67. The number of nitrogens with one attached hydrogen (secondary N) is 1. The first-order valence-electron chi connectivity index (χ1n) is 5.26. The molecule has 0 bridgehead atoms. The van der Waals surface area contributed by atoms with Gasteiger partial charge in [-0.15, -0.1) is 0 Å². The van der Waals surface area contributed by atoms with E-state index < -0.39 is 23.1 Å². The highest BCUT2D eigenvalue weighted by atomic mass is 35.5. The van der Waals surface area contributed by atoms with Gasteiger partial charge in [0.2, 0.25) is 5.88 Å². The summed E-state index contributed by atoms with van der Waals surface area (Å²) in [5.74, 6) is -2.14. The summed E-state index contributed by atoms with van der Waals surface area (Å²) < 4.78 is 26.8. The zero-order chi connectivity index (χ0) is 13.1. The number of benzene rings is 1. The number of hydrogen-bond acceptors (Lipinski definition) is 2. The van der Waals surface area contributed by atoms with E-state index in [1.165, 1.54) is 12.2 Å². The summed E-state index contributed by atoms with van der Waals surface area (Å²) in [4.78, 5) is 0. The minimum Gasteiger partial charge on any atom is -0.494 e. The average molecular weight is 270 g/mol. The lowest BCUT2D eigenvalue weighted by Crippen LogP contribution is -2.06. The molecule has 2 N–H and O–H groups in total. The molecule has 0 aromatic heterocycles. The number of anilines is 1. The van der Waals surface area contributed by atoms with E-state index in [1.807, 2.05) is 0 Å². The van der Waals surface area contributed by atoms with Crippen molar-refractivity contribution in [1.29, 1.82) is 0 Å². The highest BCUT2D eigenvalue weighted by Gasteiger charge is 2.19. The number of hydrogen-bond donors (Lipinski definition) is 2. The molecule has 0 atom stereocenters. The van der Waals surface area contributed by atoms with Crippen LogP contribution in [0.2, 0.25) is 5.02 Å². The molecular weight excluding hydrogens is 260 g/mol. The third kappa shape index (κ3) is 2.71. The van der Waals surface area contributed by atoms with E-state index in [0.717, 1.165) is 0 Å². The summed E-state index contributed by atoms with van der Waals surface area (Å²) in [6.07, 6.45) is 2.56. The van der Waals surface area contributed by atoms with Crippen LogP contribution in [-0.4, -0.2) is 5.11 Å². The van der Waals surface area contributed by atoms with Crippen molar-refractivity contribution >= 4 is 17.3 Å². The normalized spacial score (nSPS) is 14.9. The molecule has 2 nitrogen and oxygen atoms in total. The number of halogens is 3. The second-order valence-electron chi connectivity index (χ2n) is 3.70. The Morgan fingerprint density at radius 3 is 2.22 bits per heavy atom. The van der Waals surface area contributed by atoms with E-state index in [9.17, 15) is 13.9 Å². The number of rotatable bonds is 2. The predicted molar refractivity (Wildman–Crippen MR) is 67.7 cm³/mol. The summed E-state index contributed by atoms with van der Waals surface area (Å²) in [5, 5.41) is 12.8. The van der Waals surface area contributed by atoms with Gasteiger partial charge in [-0.3, -0.25) is 0 Å². The van der Waals surface area contributed by atoms with Crippen LogP contribution in [0, 0.1) is 0 Å². The standard InChI is InChI=1S/C13H10ClF2NO/c14-8-4-6-9(7-5-8)17-13(18)12-10(15)2-1-3-11(12)16/h2-7,17-18H,1H2. The SMILES string of the molecule is OC(Nc1ccc(Cl)cc1)=C1C(F)=CCC=C1F. The van der Waals surface area contributed by atoms with Crippen molar-refractivity contribution in [2.45, 2.75) is 6.42 Å². The molecule has 0 saturated heterocycles. The van der Waals surface area contributed by atoms with Crippen LogP contribution in [-0.2, 0) is 0 Å². The Balaban J connectivity index is 2.27. The van der Waals surface area contributed by atoms with E-state index in [2.05, 4.69) is 5.32 Å². The van der Waals surface area contributed by atoms with E-state index in [4.69, 9.17) is 11.6 Å². The Kier molecular flexibility index (Phi) is 3.67. The van der Waals surface area contributed by atoms with Crippen molar-refractivity contribution < 1.29 is 13.9 Å². The number of aliphatic hydroxyl groups excluding tert-OH is 1. The molecule has 5 heteroatoms. The third-order valence-corrected chi connectivity index (χ3v) is 2.67. The van der Waals surface area contributed by atoms with Crippen molar-refractivity contribution in [3.8, 4) is 0 Å². The lowest BCUT2D eigenvalue weighted by Gasteiger charge is -2.12. The molecule has 1 aromatic rings. The quantitative estimate of drug-likeness (QED) is 0.767. The van der Waals surface area contributed by atoms with E-state index >= 15 is 0 Å². The van der Waals surface area contributed by atoms with Crippen molar-refractivity contribution in [1.82, 2.24) is 0 Å². The Morgan fingerprint density at radius 1 is 1.11 bits per heavy atom. The van der Waals surface area contributed by atoms with Crippen LogP contribution in [0.25, 0.3) is 0 Å². The van der Waals surface area contributed by atoms with Crippen LogP contribution < -0.4 is 5.32 Å². The van der Waals surface area contributed by atoms with Crippen molar-refractivity contribution in [2.75, 3.05) is 5.32 Å². The van der Waals surface area contributed by atoms with Gasteiger partial charge in [0.25, 0.3) is 0 Å². The van der Waals surface area contributed by atoms with Crippen LogP contribution in [0.3, 0.4) is 0 Å². The zero-order valence-corrected chi connectivity index (χ0v) is 10.0. The highest BCUT2D eigenvalue weighted by Crippen LogP contribution is 2.29. The van der Waals surface area contributed by atoms with Crippen LogP contribution in [0.1, 0.15) is 6.42 Å². The van der Waals surface area contributed by atoms with E-state index in [0.29, 0.717) is 10.7 Å². The first-order valence-corrected chi connectivity index (χ1v) is 5.63. The molecule has 0 unspecified atom stereocenters. The molecule has 94 valence electrons. The highest BCUT2D eigenvalue weighted by molar-refractivity contribution is 6.30. The third-order valence-electron chi connectivity index (χ3n) is 2.42. The number of allylic oxidation sites excluding steroid dienone is 5. The second kappa shape index (κ2) is 5.23. The fourth-order valence-electron chi connectivity index (χ4n) is 1.54. The molecule has 2 rings (SSSR count). The van der Waals surface area contributed by atoms with Gasteiger partial charge in [0.1, 0.15) is 17.2 Å². The maximum absolute atomic E-state index is 13.4. The zero-order valence-electron chi connectivity index (χ0n) is 9.25. The molecular formula is C13H10ClF2NO. The fraction of sp³-hybridized carbons (Fsp3) is 0.0769. The Morgan fingerprint density at radius 2 is 1.67 bits per heavy atom. The van der Waals surface area contributed by atoms with Gasteiger partial charge in [-0.05, 0) is 42.8 Å². The summed E-state index contributed by atoms with van der Waals surface area (Å²) in [7, 11) is 0. The summed E-state index contributed by atoms with van der Waals surface area (Å²) in [5.41, 5.74) is 0.0202. The van der Waals surface area contributed by atoms with Gasteiger partial charge in [0.15, 0.2) is 0 Å². The van der Waals surface area contributed by atoms with Crippen molar-refractivity contribution in [2.24, 2.45) is 0 Å². The molecule has 0 saturated carbocycles. The van der Waals surface area contributed by atoms with Crippen LogP contribution in [0.4, 0.5) is 14.5 Å². The molecule has 0 aliphatic heterocycles. The van der Waals surface area contributed by atoms with Crippen LogP contribution >= 0.6 is 11.6 Å². The van der Waals surface area contributed by atoms with Gasteiger partial charge in [-0.2, -0.15) is 0 Å². The van der Waals surface area contributed by atoms with Crippen molar-refractivity contribution in [3.05, 3.63) is 64.6 Å². The van der Waals surface area contributed by atoms with Gasteiger partial charge >= 0.3 is 0 Å². The largest absolute Gasteiger partial charge is 0.494 e. The predicted octanol–water partition coefficient (Wildman–Crippen LogP) is 4.63. The minimum absolute atomic E-state index is 0.176. The Labute approximate surface area is 108 Å². The molecule has 0 heterocycles. The Bertz CT molecular complexity index is 527. The average Bonchev–Trinajstić information content (AvgIpc) is 2.32. The first-order chi connectivity index (χ1) is 8.58. The molecule has 1 aliphatic rings. The molecule has 0 radical (unpaired) electrons. The minimum atomic E-state index is -0.783. The van der Waals surface area contributed by atoms with Crippen LogP contribution in [0.15, 0.2) is 59.5 Å². The first kappa shape index (κ1) is 12.6. The van der Waals surface area contributed by atoms with E-state index in [1.54, 1.807) is 24.3 Å². The van der Waals surface area contributed by atoms with Gasteiger partial charge in [-0.1, -0.05) is 11.6 Å². The molecule has 1 aromatic carbocycles. The van der Waals surface area contributed by atoms with Crippen molar-refractivity contribution in [3.63, 3.8) is 0 Å². The second-order valence-corrected chi connectivity index (χ2v) is 4.13. The summed E-state index contributed by atoms with van der Waals surface area (Å²) in [6.45, 7) is 0. The van der Waals surface area contributed by atoms with Gasteiger partial charge in [0, 0.05) is 10.7 Å². The summed E-state index contributed by atoms with van der Waals surface area (Å²) >= 11 is 5.70. The molecule has 0 spiro atoms. The van der Waals surface area contributed by atoms with Crippen LogP contribution in [0.5, 0.6) is 0 Å². The maximum atomic E-state index is 13.4. The monoisotopic (exact) mass is 269 g/mol. The molecule has 18 heavy (non-hydrogen) atoms.